The quantitative estimate of drug-likeness (QED) is 0.866. The Morgan fingerprint density at radius 1 is 1.50 bits per heavy atom. The monoisotopic (exact) mass is 318 g/mol. The fourth-order valence-electron chi connectivity index (χ4n) is 2.29. The number of morpholine rings is 1. The van der Waals surface area contributed by atoms with E-state index in [1.54, 1.807) is 6.07 Å². The van der Waals surface area contributed by atoms with Crippen molar-refractivity contribution in [3.8, 4) is 0 Å². The van der Waals surface area contributed by atoms with E-state index in [0.717, 1.165) is 0 Å². The van der Waals surface area contributed by atoms with Crippen LogP contribution >= 0.6 is 11.6 Å². The fourth-order valence-corrected chi connectivity index (χ4v) is 4.43. The molecule has 1 aromatic rings. The van der Waals surface area contributed by atoms with Crippen LogP contribution in [0.4, 0.5) is 5.69 Å². The zero-order valence-corrected chi connectivity index (χ0v) is 13.1. The average Bonchev–Trinajstić information content (AvgIpc) is 2.41. The molecule has 0 radical (unpaired) electrons. The Hall–Kier alpha value is -0.820. The molecule has 2 N–H and O–H groups in total. The lowest BCUT2D eigenvalue weighted by Crippen LogP contribution is -2.51. The van der Waals surface area contributed by atoms with Crippen molar-refractivity contribution in [2.24, 2.45) is 0 Å². The molecule has 2 rings (SSSR count). The van der Waals surface area contributed by atoms with Gasteiger partial charge in [-0.05, 0) is 31.5 Å². The van der Waals surface area contributed by atoms with Gasteiger partial charge in [0.2, 0.25) is 10.0 Å². The predicted octanol–water partition coefficient (Wildman–Crippen LogP) is 2.11. The van der Waals surface area contributed by atoms with Gasteiger partial charge in [-0.2, -0.15) is 4.31 Å². The Bertz CT molecular complexity index is 591. The van der Waals surface area contributed by atoms with Crippen molar-refractivity contribution in [1.29, 1.82) is 0 Å². The summed E-state index contributed by atoms with van der Waals surface area (Å²) in [4.78, 5) is 0.0672. The van der Waals surface area contributed by atoms with E-state index in [9.17, 15) is 8.42 Å². The molecule has 0 aliphatic carbocycles. The summed E-state index contributed by atoms with van der Waals surface area (Å²) in [6, 6.07) is 4.32. The largest absolute Gasteiger partial charge is 0.398 e. The highest BCUT2D eigenvalue weighted by Crippen LogP contribution is 2.29. The normalized spacial score (nSPS) is 24.8. The Morgan fingerprint density at radius 2 is 2.20 bits per heavy atom. The molecule has 0 amide bonds. The molecule has 1 aliphatic heterocycles. The molecule has 0 saturated carbocycles. The highest BCUT2D eigenvalue weighted by atomic mass is 35.5. The second-order valence-electron chi connectivity index (χ2n) is 4.96. The second-order valence-corrected chi connectivity index (χ2v) is 7.26. The van der Waals surface area contributed by atoms with E-state index < -0.39 is 10.0 Å². The van der Waals surface area contributed by atoms with Gasteiger partial charge >= 0.3 is 0 Å². The fraction of sp³-hybridized carbons (Fsp3) is 0.538. The molecule has 1 aromatic carbocycles. The van der Waals surface area contributed by atoms with E-state index >= 15 is 0 Å². The maximum Gasteiger partial charge on any atom is 0.245 e. The Balaban J connectivity index is 2.44. The van der Waals surface area contributed by atoms with Crippen molar-refractivity contribution in [2.45, 2.75) is 37.3 Å². The van der Waals surface area contributed by atoms with Gasteiger partial charge in [-0.1, -0.05) is 18.5 Å². The summed E-state index contributed by atoms with van der Waals surface area (Å²) in [5.74, 6) is 0. The number of anilines is 1. The summed E-state index contributed by atoms with van der Waals surface area (Å²) in [6.07, 6.45) is 0.555. The average molecular weight is 319 g/mol. The van der Waals surface area contributed by atoms with Gasteiger partial charge < -0.3 is 10.5 Å². The van der Waals surface area contributed by atoms with E-state index in [0.29, 0.717) is 24.6 Å². The molecule has 20 heavy (non-hydrogen) atoms. The number of hydrogen-bond donors (Lipinski definition) is 1. The lowest BCUT2D eigenvalue weighted by Gasteiger charge is -2.37. The molecule has 2 unspecified atom stereocenters. The first kappa shape index (κ1) is 15.6. The van der Waals surface area contributed by atoms with Gasteiger partial charge in [-0.3, -0.25) is 0 Å². The van der Waals surface area contributed by atoms with E-state index in [1.165, 1.54) is 16.4 Å². The van der Waals surface area contributed by atoms with Gasteiger partial charge in [0.1, 0.15) is 4.90 Å². The van der Waals surface area contributed by atoms with Crippen LogP contribution in [0.25, 0.3) is 0 Å². The number of benzene rings is 1. The first-order valence-corrected chi connectivity index (χ1v) is 8.36. The standard InChI is InChI=1S/C13H19ClN2O3S/c1-3-11-8-19-9(2)7-16(11)20(17,18)13-6-10(14)4-5-12(13)15/h4-6,9,11H,3,7-8,15H2,1-2H3. The Labute approximate surface area is 124 Å². The van der Waals surface area contributed by atoms with Crippen LogP contribution in [-0.2, 0) is 14.8 Å². The third-order valence-corrected chi connectivity index (χ3v) is 5.66. The van der Waals surface area contributed by atoms with E-state index in [2.05, 4.69) is 0 Å². The first-order valence-electron chi connectivity index (χ1n) is 6.54. The van der Waals surface area contributed by atoms with Gasteiger partial charge in [0.05, 0.1) is 18.4 Å². The van der Waals surface area contributed by atoms with Crippen LogP contribution in [0.5, 0.6) is 0 Å². The summed E-state index contributed by atoms with van der Waals surface area (Å²) in [7, 11) is -3.67. The number of nitrogens with two attached hydrogens (primary N) is 1. The van der Waals surface area contributed by atoms with Crippen LogP contribution in [0, 0.1) is 0 Å². The van der Waals surface area contributed by atoms with Gasteiger partial charge in [-0.15, -0.1) is 0 Å². The van der Waals surface area contributed by atoms with Gasteiger partial charge in [-0.25, -0.2) is 8.42 Å². The SMILES string of the molecule is CCC1COC(C)CN1S(=O)(=O)c1cc(Cl)ccc1N. The van der Waals surface area contributed by atoms with Crippen LogP contribution in [0.2, 0.25) is 5.02 Å². The predicted molar refractivity (Wildman–Crippen MR) is 79.2 cm³/mol. The van der Waals surface area contributed by atoms with Gasteiger partial charge in [0.25, 0.3) is 0 Å². The summed E-state index contributed by atoms with van der Waals surface area (Å²) in [6.45, 7) is 4.52. The Kier molecular flexibility index (Phi) is 4.59. The number of rotatable bonds is 3. The van der Waals surface area contributed by atoms with Crippen molar-refractivity contribution in [3.63, 3.8) is 0 Å². The number of hydrogen-bond acceptors (Lipinski definition) is 4. The smallest absolute Gasteiger partial charge is 0.245 e. The Morgan fingerprint density at radius 3 is 2.85 bits per heavy atom. The number of nitrogens with zero attached hydrogens (tertiary/aromatic N) is 1. The zero-order valence-electron chi connectivity index (χ0n) is 11.5. The van der Waals surface area contributed by atoms with Crippen molar-refractivity contribution in [2.75, 3.05) is 18.9 Å². The second kappa shape index (κ2) is 5.89. The summed E-state index contributed by atoms with van der Waals surface area (Å²) in [5.41, 5.74) is 6.02. The highest BCUT2D eigenvalue weighted by Gasteiger charge is 2.36. The van der Waals surface area contributed by atoms with Crippen LogP contribution in [0.15, 0.2) is 23.1 Å². The number of nitrogen functional groups attached to an aromatic ring is 1. The van der Waals surface area contributed by atoms with Crippen LogP contribution in [0.3, 0.4) is 0 Å². The molecule has 0 aromatic heterocycles. The minimum Gasteiger partial charge on any atom is -0.398 e. The minimum atomic E-state index is -3.67. The molecule has 0 bridgehead atoms. The third kappa shape index (κ3) is 2.93. The molecular formula is C13H19ClN2O3S. The topological polar surface area (TPSA) is 72.6 Å². The zero-order chi connectivity index (χ0) is 14.9. The molecule has 5 nitrogen and oxygen atoms in total. The summed E-state index contributed by atoms with van der Waals surface area (Å²) < 4.78 is 32.6. The van der Waals surface area contributed by atoms with E-state index in [4.69, 9.17) is 22.1 Å². The lowest BCUT2D eigenvalue weighted by atomic mass is 10.2. The van der Waals surface area contributed by atoms with E-state index in [1.807, 2.05) is 13.8 Å². The maximum absolute atomic E-state index is 12.8. The van der Waals surface area contributed by atoms with Gasteiger partial charge in [0.15, 0.2) is 0 Å². The van der Waals surface area contributed by atoms with Crippen LogP contribution < -0.4 is 5.73 Å². The molecule has 7 heteroatoms. The maximum atomic E-state index is 12.8. The molecule has 1 saturated heterocycles. The molecule has 0 spiro atoms. The first-order chi connectivity index (χ1) is 9.36. The molecule has 2 atom stereocenters. The number of ether oxygens (including phenoxy) is 1. The number of halogens is 1. The van der Waals surface area contributed by atoms with Crippen LogP contribution in [-0.4, -0.2) is 38.0 Å². The molecule has 1 fully saturated rings. The van der Waals surface area contributed by atoms with Crippen molar-refractivity contribution in [3.05, 3.63) is 23.2 Å². The lowest BCUT2D eigenvalue weighted by molar-refractivity contribution is -0.0230. The highest BCUT2D eigenvalue weighted by molar-refractivity contribution is 7.89. The van der Waals surface area contributed by atoms with Crippen molar-refractivity contribution in [1.82, 2.24) is 4.31 Å². The van der Waals surface area contributed by atoms with Crippen molar-refractivity contribution < 1.29 is 13.2 Å². The van der Waals surface area contributed by atoms with Crippen molar-refractivity contribution >= 4 is 27.3 Å². The molecule has 1 aliphatic rings. The van der Waals surface area contributed by atoms with Crippen LogP contribution in [0.1, 0.15) is 20.3 Å². The molecule has 112 valence electrons. The summed E-state index contributed by atoms with van der Waals surface area (Å²) >= 11 is 5.90. The number of sulfonamides is 1. The third-order valence-electron chi connectivity index (χ3n) is 3.45. The minimum absolute atomic E-state index is 0.0672. The van der Waals surface area contributed by atoms with Gasteiger partial charge in [0, 0.05) is 17.6 Å². The molecule has 1 heterocycles. The van der Waals surface area contributed by atoms with E-state index in [-0.39, 0.29) is 22.7 Å². The molecular weight excluding hydrogens is 300 g/mol. The summed E-state index contributed by atoms with van der Waals surface area (Å²) in [5, 5.41) is 0.354.